The summed E-state index contributed by atoms with van der Waals surface area (Å²) in [6, 6.07) is 18.3. The van der Waals surface area contributed by atoms with E-state index in [1.165, 1.54) is 30.3 Å². The molecule has 1 N–H and O–H groups in total. The summed E-state index contributed by atoms with van der Waals surface area (Å²) in [5.74, 6) is -0.471. The van der Waals surface area contributed by atoms with Gasteiger partial charge in [-0.15, -0.1) is 0 Å². The topological polar surface area (TPSA) is 67.9 Å². The number of methoxy groups -OCH3 is 1. The Morgan fingerprint density at radius 3 is 2.53 bits per heavy atom. The van der Waals surface area contributed by atoms with Gasteiger partial charge in [-0.05, 0) is 53.6 Å². The van der Waals surface area contributed by atoms with E-state index >= 15 is 0 Å². The molecule has 4 rings (SSSR count). The molecule has 32 heavy (non-hydrogen) atoms. The lowest BCUT2D eigenvalue weighted by atomic mass is 10.1. The minimum Gasteiger partial charge on any atom is -0.493 e. The van der Waals surface area contributed by atoms with Crippen molar-refractivity contribution in [3.8, 4) is 11.5 Å². The Labute approximate surface area is 192 Å². The molecule has 1 aliphatic heterocycles. The third kappa shape index (κ3) is 4.50. The number of benzene rings is 3. The van der Waals surface area contributed by atoms with Crippen molar-refractivity contribution in [3.63, 3.8) is 0 Å². The van der Waals surface area contributed by atoms with Crippen molar-refractivity contribution in [2.45, 2.75) is 6.61 Å². The van der Waals surface area contributed by atoms with Crippen molar-refractivity contribution >= 4 is 39.5 Å². The summed E-state index contributed by atoms with van der Waals surface area (Å²) in [5, 5.41) is 1.20. The van der Waals surface area contributed by atoms with Gasteiger partial charge in [0.1, 0.15) is 18.0 Å². The highest BCUT2D eigenvalue weighted by Crippen LogP contribution is 2.35. The van der Waals surface area contributed by atoms with Gasteiger partial charge >= 0.3 is 0 Å². The molecule has 0 spiro atoms. The number of nitrogens with one attached hydrogen (secondary N) is 1. The SMILES string of the molecule is COc1cc(C=C2C(=O)NN(c3ccccc3)C2=O)c(Br)cc1OCc1cccc(F)c1. The van der Waals surface area contributed by atoms with E-state index in [9.17, 15) is 14.0 Å². The van der Waals surface area contributed by atoms with Crippen LogP contribution in [-0.2, 0) is 16.2 Å². The Hall–Kier alpha value is -3.65. The third-order valence-electron chi connectivity index (χ3n) is 4.77. The number of amides is 2. The van der Waals surface area contributed by atoms with Crippen molar-refractivity contribution in [1.82, 2.24) is 5.43 Å². The molecule has 2 amide bonds. The highest BCUT2D eigenvalue weighted by molar-refractivity contribution is 9.10. The number of halogens is 2. The number of hydrazine groups is 1. The molecular weight excluding hydrogens is 479 g/mol. The Balaban J connectivity index is 1.59. The van der Waals surface area contributed by atoms with E-state index in [2.05, 4.69) is 21.4 Å². The summed E-state index contributed by atoms with van der Waals surface area (Å²) in [4.78, 5) is 25.3. The number of anilines is 1. The van der Waals surface area contributed by atoms with Gasteiger partial charge < -0.3 is 9.47 Å². The second-order valence-corrected chi connectivity index (χ2v) is 7.77. The maximum Gasteiger partial charge on any atom is 0.282 e. The van der Waals surface area contributed by atoms with Crippen LogP contribution in [0.4, 0.5) is 10.1 Å². The molecule has 0 aliphatic carbocycles. The summed E-state index contributed by atoms with van der Waals surface area (Å²) >= 11 is 3.46. The normalized spacial score (nSPS) is 14.6. The quantitative estimate of drug-likeness (QED) is 0.398. The van der Waals surface area contributed by atoms with Crippen molar-refractivity contribution in [2.75, 3.05) is 12.1 Å². The number of para-hydroxylation sites is 1. The molecule has 1 aliphatic rings. The molecule has 6 nitrogen and oxygen atoms in total. The average Bonchev–Trinajstić information content (AvgIpc) is 3.08. The fourth-order valence-electron chi connectivity index (χ4n) is 3.19. The van der Waals surface area contributed by atoms with Crippen LogP contribution < -0.4 is 19.9 Å². The first-order chi connectivity index (χ1) is 15.5. The molecule has 0 bridgehead atoms. The zero-order valence-corrected chi connectivity index (χ0v) is 18.6. The highest BCUT2D eigenvalue weighted by atomic mass is 79.9. The van der Waals surface area contributed by atoms with Gasteiger partial charge in [0.05, 0.1) is 12.8 Å². The van der Waals surface area contributed by atoms with Crippen molar-refractivity contribution < 1.29 is 23.5 Å². The highest BCUT2D eigenvalue weighted by Gasteiger charge is 2.34. The number of rotatable bonds is 6. The number of ether oxygens (including phenoxy) is 2. The lowest BCUT2D eigenvalue weighted by Gasteiger charge is -2.14. The summed E-state index contributed by atoms with van der Waals surface area (Å²) in [6.07, 6.45) is 1.49. The Bertz CT molecular complexity index is 1210. The van der Waals surface area contributed by atoms with E-state index in [0.717, 1.165) is 0 Å². The van der Waals surface area contributed by atoms with Gasteiger partial charge in [0.2, 0.25) is 0 Å². The molecule has 8 heteroatoms. The predicted octanol–water partition coefficient (Wildman–Crippen LogP) is 4.64. The van der Waals surface area contributed by atoms with Gasteiger partial charge in [0.15, 0.2) is 11.5 Å². The molecule has 1 heterocycles. The van der Waals surface area contributed by atoms with Crippen LogP contribution in [0.25, 0.3) is 6.08 Å². The second kappa shape index (κ2) is 9.23. The van der Waals surface area contributed by atoms with Gasteiger partial charge in [-0.2, -0.15) is 0 Å². The summed E-state index contributed by atoms with van der Waals surface area (Å²) in [5.41, 5.74) is 4.35. The molecule has 0 atom stereocenters. The fraction of sp³-hybridized carbons (Fsp3) is 0.0833. The molecule has 1 saturated heterocycles. The van der Waals surface area contributed by atoms with Crippen LogP contribution in [0.2, 0.25) is 0 Å². The zero-order valence-electron chi connectivity index (χ0n) is 17.0. The monoisotopic (exact) mass is 496 g/mol. The third-order valence-corrected chi connectivity index (χ3v) is 5.46. The molecule has 1 fully saturated rings. The van der Waals surface area contributed by atoms with E-state index in [1.807, 2.05) is 6.07 Å². The second-order valence-electron chi connectivity index (χ2n) is 6.92. The first kappa shape index (κ1) is 21.6. The lowest BCUT2D eigenvalue weighted by molar-refractivity contribution is -0.117. The maximum absolute atomic E-state index is 13.4. The van der Waals surface area contributed by atoms with Crippen LogP contribution in [0.5, 0.6) is 11.5 Å². The molecule has 0 aromatic heterocycles. The molecule has 3 aromatic carbocycles. The number of nitrogens with zero attached hydrogens (tertiary/aromatic N) is 1. The van der Waals surface area contributed by atoms with Crippen molar-refractivity contribution in [3.05, 3.63) is 93.7 Å². The average molecular weight is 497 g/mol. The summed E-state index contributed by atoms with van der Waals surface area (Å²) < 4.78 is 25.2. The van der Waals surface area contributed by atoms with Crippen LogP contribution >= 0.6 is 15.9 Å². The zero-order chi connectivity index (χ0) is 22.7. The van der Waals surface area contributed by atoms with Gasteiger partial charge in [0, 0.05) is 4.47 Å². The minimum atomic E-state index is -0.504. The van der Waals surface area contributed by atoms with E-state index in [0.29, 0.717) is 32.8 Å². The predicted molar refractivity (Wildman–Crippen MR) is 121 cm³/mol. The lowest BCUT2D eigenvalue weighted by Crippen LogP contribution is -2.35. The van der Waals surface area contributed by atoms with Crippen LogP contribution in [0, 0.1) is 5.82 Å². The maximum atomic E-state index is 13.4. The Kier molecular flexibility index (Phi) is 6.23. The Morgan fingerprint density at radius 2 is 1.81 bits per heavy atom. The van der Waals surface area contributed by atoms with Gasteiger partial charge in [-0.3, -0.25) is 15.0 Å². The van der Waals surface area contributed by atoms with E-state index in [1.54, 1.807) is 48.5 Å². The molecule has 0 saturated carbocycles. The molecule has 3 aromatic rings. The van der Waals surface area contributed by atoms with E-state index in [-0.39, 0.29) is 18.0 Å². The summed E-state index contributed by atoms with van der Waals surface area (Å²) in [7, 11) is 1.49. The van der Waals surface area contributed by atoms with Crippen molar-refractivity contribution in [1.29, 1.82) is 0 Å². The first-order valence-electron chi connectivity index (χ1n) is 9.63. The van der Waals surface area contributed by atoms with Gasteiger partial charge in [-0.25, -0.2) is 9.40 Å². The first-order valence-corrected chi connectivity index (χ1v) is 10.4. The number of hydrogen-bond acceptors (Lipinski definition) is 4. The van der Waals surface area contributed by atoms with Crippen LogP contribution in [0.3, 0.4) is 0 Å². The summed E-state index contributed by atoms with van der Waals surface area (Å²) in [6.45, 7) is 0.147. The molecule has 162 valence electrons. The van der Waals surface area contributed by atoms with Crippen LogP contribution in [0.1, 0.15) is 11.1 Å². The fourth-order valence-corrected chi connectivity index (χ4v) is 3.63. The Morgan fingerprint density at radius 1 is 1.03 bits per heavy atom. The number of hydrogen-bond donors (Lipinski definition) is 1. The molecule has 0 radical (unpaired) electrons. The molecule has 0 unspecified atom stereocenters. The van der Waals surface area contributed by atoms with E-state index in [4.69, 9.17) is 9.47 Å². The van der Waals surface area contributed by atoms with E-state index < -0.39 is 11.8 Å². The van der Waals surface area contributed by atoms with Gasteiger partial charge in [0.25, 0.3) is 11.8 Å². The number of carbonyl (C=O) groups excluding carboxylic acids is 2. The smallest absolute Gasteiger partial charge is 0.282 e. The van der Waals surface area contributed by atoms with Gasteiger partial charge in [-0.1, -0.05) is 46.3 Å². The minimum absolute atomic E-state index is 0.00923. The van der Waals surface area contributed by atoms with Crippen LogP contribution in [0.15, 0.2) is 76.8 Å². The van der Waals surface area contributed by atoms with Crippen molar-refractivity contribution in [2.24, 2.45) is 0 Å². The number of carbonyl (C=O) groups is 2. The molecular formula is C24H18BrFN2O4. The largest absolute Gasteiger partial charge is 0.493 e. The van der Waals surface area contributed by atoms with Crippen LogP contribution in [-0.4, -0.2) is 18.9 Å². The standard InChI is InChI=1S/C24H18BrFN2O4/c1-31-21-12-16(20(25)13-22(21)32-14-15-6-5-7-17(26)10-15)11-19-23(29)27-28(24(19)30)18-8-3-2-4-9-18/h2-13H,14H2,1H3,(H,27,29).